The van der Waals surface area contributed by atoms with Gasteiger partial charge in [-0.15, -0.1) is 0 Å². The summed E-state index contributed by atoms with van der Waals surface area (Å²) in [7, 11) is -0.164. The molecular weight excluding hydrogens is 412 g/mol. The van der Waals surface area contributed by atoms with Crippen LogP contribution in [0.5, 0.6) is 0 Å². The first-order chi connectivity index (χ1) is 11.7. The van der Waals surface area contributed by atoms with Crippen LogP contribution in [-0.2, 0) is 24.1 Å². The Kier molecular flexibility index (Phi) is 4.73. The number of carbonyl (C=O) groups excluding carboxylic acids is 1. The summed E-state index contributed by atoms with van der Waals surface area (Å²) < 4.78 is 30.7. The fourth-order valence-electron chi connectivity index (χ4n) is 2.76. The Bertz CT molecular complexity index is 911. The first-order valence-corrected chi connectivity index (χ1v) is 9.92. The van der Waals surface area contributed by atoms with E-state index in [1.807, 2.05) is 0 Å². The number of rotatable bonds is 3. The number of piperazine rings is 1. The second-order valence-electron chi connectivity index (χ2n) is 5.91. The topological polar surface area (TPSA) is 93.3 Å². The summed E-state index contributed by atoms with van der Waals surface area (Å²) >= 11 is 3.32. The first-order valence-electron chi connectivity index (χ1n) is 7.69. The van der Waals surface area contributed by atoms with Crippen LogP contribution in [0.4, 0.5) is 0 Å². The zero-order valence-corrected chi connectivity index (χ0v) is 16.6. The Balaban J connectivity index is 1.72. The highest BCUT2D eigenvalue weighted by Gasteiger charge is 2.33. The predicted molar refractivity (Wildman–Crippen MR) is 93.5 cm³/mol. The number of aromatic nitrogens is 4. The molecule has 1 aliphatic heterocycles. The lowest BCUT2D eigenvalue weighted by Crippen LogP contribution is -2.50. The minimum atomic E-state index is -3.61. The van der Waals surface area contributed by atoms with Crippen LogP contribution in [0.15, 0.2) is 21.8 Å². The van der Waals surface area contributed by atoms with E-state index in [0.29, 0.717) is 29.0 Å². The van der Waals surface area contributed by atoms with Crippen molar-refractivity contribution < 1.29 is 13.2 Å². The van der Waals surface area contributed by atoms with Crippen molar-refractivity contribution in [2.24, 2.45) is 14.1 Å². The van der Waals surface area contributed by atoms with Crippen molar-refractivity contribution in [1.82, 2.24) is 28.8 Å². The van der Waals surface area contributed by atoms with Gasteiger partial charge >= 0.3 is 0 Å². The Morgan fingerprint density at radius 2 is 1.84 bits per heavy atom. The molecule has 11 heteroatoms. The number of hydrogen-bond acceptors (Lipinski definition) is 5. The van der Waals surface area contributed by atoms with Crippen molar-refractivity contribution in [2.75, 3.05) is 26.2 Å². The van der Waals surface area contributed by atoms with Crippen LogP contribution in [0, 0.1) is 6.92 Å². The summed E-state index contributed by atoms with van der Waals surface area (Å²) in [5.41, 5.74) is 0.929. The summed E-state index contributed by atoms with van der Waals surface area (Å²) in [6.45, 7) is 2.85. The fourth-order valence-corrected chi connectivity index (χ4v) is 4.91. The molecule has 0 saturated carbocycles. The van der Waals surface area contributed by atoms with E-state index in [4.69, 9.17) is 0 Å². The van der Waals surface area contributed by atoms with Crippen LogP contribution in [0.1, 0.15) is 16.2 Å². The minimum Gasteiger partial charge on any atom is -0.335 e. The number of nitrogens with zero attached hydrogens (tertiary/aromatic N) is 6. The van der Waals surface area contributed by atoms with Gasteiger partial charge in [-0.25, -0.2) is 8.42 Å². The summed E-state index contributed by atoms with van der Waals surface area (Å²) in [6, 6.07) is 0. The maximum Gasteiger partial charge on any atom is 0.275 e. The molecule has 0 atom stereocenters. The fraction of sp³-hybridized carbons (Fsp3) is 0.500. The molecule has 25 heavy (non-hydrogen) atoms. The first kappa shape index (κ1) is 18.1. The van der Waals surface area contributed by atoms with Crippen molar-refractivity contribution in [3.05, 3.63) is 28.3 Å². The second-order valence-corrected chi connectivity index (χ2v) is 8.67. The SMILES string of the molecule is Cc1c(S(=O)(=O)N2CCN(C(=O)c3nn(C)cc3Br)CC2)cnn1C. The van der Waals surface area contributed by atoms with E-state index >= 15 is 0 Å². The van der Waals surface area contributed by atoms with Crippen molar-refractivity contribution >= 4 is 31.9 Å². The predicted octanol–water partition coefficient (Wildman–Crippen LogP) is 0.371. The second kappa shape index (κ2) is 6.54. The Hall–Kier alpha value is -1.72. The summed E-state index contributed by atoms with van der Waals surface area (Å²) in [6.07, 6.45) is 3.08. The molecule has 0 unspecified atom stereocenters. The highest BCUT2D eigenvalue weighted by Crippen LogP contribution is 2.22. The summed E-state index contributed by atoms with van der Waals surface area (Å²) in [4.78, 5) is 14.4. The van der Waals surface area contributed by atoms with Gasteiger partial charge in [0.15, 0.2) is 5.69 Å². The number of sulfonamides is 1. The van der Waals surface area contributed by atoms with Gasteiger partial charge in [0.1, 0.15) is 4.90 Å². The quantitative estimate of drug-likeness (QED) is 0.700. The van der Waals surface area contributed by atoms with Crippen LogP contribution in [0.3, 0.4) is 0 Å². The minimum absolute atomic E-state index is 0.206. The molecule has 1 aliphatic rings. The van der Waals surface area contributed by atoms with Gasteiger partial charge in [0.25, 0.3) is 5.91 Å². The molecule has 3 heterocycles. The smallest absolute Gasteiger partial charge is 0.275 e. The van der Waals surface area contributed by atoms with E-state index in [9.17, 15) is 13.2 Å². The Morgan fingerprint density at radius 3 is 2.32 bits per heavy atom. The zero-order valence-electron chi connectivity index (χ0n) is 14.2. The van der Waals surface area contributed by atoms with E-state index in [0.717, 1.165) is 0 Å². The molecule has 0 aromatic carbocycles. The summed E-state index contributed by atoms with van der Waals surface area (Å²) in [5, 5.41) is 8.15. The monoisotopic (exact) mass is 430 g/mol. The van der Waals surface area contributed by atoms with Gasteiger partial charge in [0.2, 0.25) is 10.0 Å². The van der Waals surface area contributed by atoms with Crippen molar-refractivity contribution in [1.29, 1.82) is 0 Å². The lowest BCUT2D eigenvalue weighted by Gasteiger charge is -2.33. The van der Waals surface area contributed by atoms with Gasteiger partial charge in [-0.1, -0.05) is 0 Å². The summed E-state index contributed by atoms with van der Waals surface area (Å²) in [5.74, 6) is -0.206. The lowest BCUT2D eigenvalue weighted by atomic mass is 10.3. The molecular formula is C14H19BrN6O3S. The molecule has 1 fully saturated rings. The van der Waals surface area contributed by atoms with Crippen molar-refractivity contribution in [2.45, 2.75) is 11.8 Å². The standard InChI is InChI=1S/C14H19BrN6O3S/c1-10-12(8-16-19(10)3)25(23,24)21-6-4-20(5-7-21)14(22)13-11(15)9-18(2)17-13/h8-9H,4-7H2,1-3H3. The molecule has 9 nitrogen and oxygen atoms in total. The van der Waals surface area contributed by atoms with Crippen LogP contribution in [0.2, 0.25) is 0 Å². The number of carbonyl (C=O) groups is 1. The van der Waals surface area contributed by atoms with Crippen molar-refractivity contribution in [3.63, 3.8) is 0 Å². The third-order valence-corrected chi connectivity index (χ3v) is 6.90. The number of amides is 1. The number of aryl methyl sites for hydroxylation is 2. The number of halogens is 1. The van der Waals surface area contributed by atoms with E-state index in [1.54, 1.807) is 36.8 Å². The van der Waals surface area contributed by atoms with Gasteiger partial charge < -0.3 is 4.90 Å². The van der Waals surface area contributed by atoms with E-state index in [-0.39, 0.29) is 23.9 Å². The van der Waals surface area contributed by atoms with Crippen LogP contribution < -0.4 is 0 Å². The molecule has 1 saturated heterocycles. The highest BCUT2D eigenvalue weighted by atomic mass is 79.9. The Morgan fingerprint density at radius 1 is 1.20 bits per heavy atom. The molecule has 0 bridgehead atoms. The maximum atomic E-state index is 12.8. The average molecular weight is 431 g/mol. The molecule has 1 amide bonds. The number of hydrogen-bond donors (Lipinski definition) is 0. The van der Waals surface area contributed by atoms with Crippen LogP contribution in [0.25, 0.3) is 0 Å². The molecule has 2 aromatic heterocycles. The van der Waals surface area contributed by atoms with Gasteiger partial charge in [-0.05, 0) is 22.9 Å². The largest absolute Gasteiger partial charge is 0.335 e. The van der Waals surface area contributed by atoms with Crippen molar-refractivity contribution in [3.8, 4) is 0 Å². The maximum absolute atomic E-state index is 12.8. The van der Waals surface area contributed by atoms with E-state index < -0.39 is 10.0 Å². The molecule has 0 aliphatic carbocycles. The molecule has 136 valence electrons. The van der Waals surface area contributed by atoms with Crippen LogP contribution in [-0.4, -0.2) is 69.3 Å². The van der Waals surface area contributed by atoms with E-state index in [1.165, 1.54) is 15.2 Å². The molecule has 2 aromatic rings. The van der Waals surface area contributed by atoms with E-state index in [2.05, 4.69) is 26.1 Å². The zero-order chi connectivity index (χ0) is 18.4. The van der Waals surface area contributed by atoms with Gasteiger partial charge in [0.05, 0.1) is 16.4 Å². The third-order valence-electron chi connectivity index (χ3n) is 4.32. The average Bonchev–Trinajstić information content (AvgIpc) is 3.09. The molecule has 0 N–H and O–H groups in total. The van der Waals surface area contributed by atoms with Gasteiger partial charge in [-0.2, -0.15) is 14.5 Å². The third kappa shape index (κ3) is 3.23. The molecule has 0 spiro atoms. The normalized spacial score (nSPS) is 16.4. The lowest BCUT2D eigenvalue weighted by molar-refractivity contribution is 0.0690. The highest BCUT2D eigenvalue weighted by molar-refractivity contribution is 9.10. The molecule has 0 radical (unpaired) electrons. The van der Waals surface area contributed by atoms with Gasteiger partial charge in [0, 0.05) is 46.5 Å². The van der Waals surface area contributed by atoms with Gasteiger partial charge in [-0.3, -0.25) is 14.2 Å². The molecule has 3 rings (SSSR count). The Labute approximate surface area is 154 Å². The van der Waals surface area contributed by atoms with Crippen LogP contribution >= 0.6 is 15.9 Å².